The van der Waals surface area contributed by atoms with E-state index in [1.54, 1.807) is 24.5 Å². The molecular weight excluding hydrogens is 316 g/mol. The maximum Gasteiger partial charge on any atom is 0.253 e. The van der Waals surface area contributed by atoms with Gasteiger partial charge in [0, 0.05) is 24.2 Å². The van der Waals surface area contributed by atoms with Gasteiger partial charge in [0.1, 0.15) is 11.0 Å². The Balaban J connectivity index is 1.71. The molecule has 0 saturated carbocycles. The summed E-state index contributed by atoms with van der Waals surface area (Å²) in [7, 11) is 0. The van der Waals surface area contributed by atoms with Crippen LogP contribution in [0.25, 0.3) is 11.4 Å². The Morgan fingerprint density at radius 2 is 2.17 bits per heavy atom. The first-order chi connectivity index (χ1) is 11.1. The maximum atomic E-state index is 12.2. The van der Waals surface area contributed by atoms with Crippen LogP contribution >= 0.6 is 11.6 Å². The summed E-state index contributed by atoms with van der Waals surface area (Å²) in [5.41, 5.74) is 1.23. The van der Waals surface area contributed by atoms with Gasteiger partial charge in [0.25, 0.3) is 5.91 Å². The van der Waals surface area contributed by atoms with E-state index in [0.29, 0.717) is 22.4 Å². The topological polar surface area (TPSA) is 96.5 Å². The monoisotopic (exact) mass is 328 g/mol. The van der Waals surface area contributed by atoms with Crippen molar-refractivity contribution in [1.29, 1.82) is 0 Å². The van der Waals surface area contributed by atoms with E-state index < -0.39 is 0 Å². The largest absolute Gasteiger partial charge is 0.342 e. The van der Waals surface area contributed by atoms with Crippen molar-refractivity contribution in [2.75, 3.05) is 0 Å². The number of aromatic amines is 1. The van der Waals surface area contributed by atoms with Gasteiger partial charge in [-0.05, 0) is 31.2 Å². The Bertz CT molecular complexity index is 802. The van der Waals surface area contributed by atoms with Gasteiger partial charge in [0.15, 0.2) is 5.82 Å². The average molecular weight is 329 g/mol. The summed E-state index contributed by atoms with van der Waals surface area (Å²) in [5, 5.41) is 10.1. The van der Waals surface area contributed by atoms with Gasteiger partial charge >= 0.3 is 0 Å². The van der Waals surface area contributed by atoms with Crippen LogP contribution in [-0.2, 0) is 0 Å². The van der Waals surface area contributed by atoms with Gasteiger partial charge in [-0.1, -0.05) is 11.6 Å². The van der Waals surface area contributed by atoms with Gasteiger partial charge in [0.05, 0.1) is 11.6 Å². The zero-order chi connectivity index (χ0) is 16.2. The van der Waals surface area contributed by atoms with Crippen LogP contribution in [0.4, 0.5) is 0 Å². The lowest BCUT2D eigenvalue weighted by Gasteiger charge is -2.10. The minimum Gasteiger partial charge on any atom is -0.342 e. The van der Waals surface area contributed by atoms with Crippen LogP contribution in [0.5, 0.6) is 0 Å². The highest BCUT2D eigenvalue weighted by Crippen LogP contribution is 2.15. The van der Waals surface area contributed by atoms with E-state index in [2.05, 4.69) is 30.5 Å². The molecule has 0 spiro atoms. The molecule has 2 N–H and O–H groups in total. The van der Waals surface area contributed by atoms with E-state index in [9.17, 15) is 4.79 Å². The Morgan fingerprint density at radius 3 is 2.87 bits per heavy atom. The zero-order valence-corrected chi connectivity index (χ0v) is 12.9. The molecule has 0 saturated heterocycles. The second-order valence-electron chi connectivity index (χ2n) is 4.85. The van der Waals surface area contributed by atoms with E-state index in [0.717, 1.165) is 5.56 Å². The lowest BCUT2D eigenvalue weighted by Crippen LogP contribution is -2.27. The molecule has 0 fully saturated rings. The molecule has 3 aromatic rings. The number of halogens is 1. The fourth-order valence-corrected chi connectivity index (χ4v) is 2.06. The summed E-state index contributed by atoms with van der Waals surface area (Å²) in [6.07, 6.45) is 4.78. The number of aromatic nitrogens is 5. The first-order valence-corrected chi connectivity index (χ1v) is 7.26. The Hall–Kier alpha value is -2.80. The number of amides is 1. The molecule has 23 heavy (non-hydrogen) atoms. The van der Waals surface area contributed by atoms with Crippen LogP contribution in [0.15, 0.2) is 42.9 Å². The Morgan fingerprint density at radius 1 is 1.30 bits per heavy atom. The fraction of sp³-hybridized carbons (Fsp3) is 0.133. The van der Waals surface area contributed by atoms with E-state index in [-0.39, 0.29) is 11.9 Å². The first-order valence-electron chi connectivity index (χ1n) is 6.88. The molecule has 0 radical (unpaired) electrons. The molecule has 8 heteroatoms. The van der Waals surface area contributed by atoms with E-state index in [1.807, 2.05) is 19.1 Å². The third kappa shape index (κ3) is 3.51. The number of nitrogens with one attached hydrogen (secondary N) is 2. The number of carbonyl (C=O) groups is 1. The smallest absolute Gasteiger partial charge is 0.253 e. The summed E-state index contributed by atoms with van der Waals surface area (Å²) in [5.74, 6) is 0.822. The van der Waals surface area contributed by atoms with Crippen LogP contribution in [0.2, 0.25) is 5.15 Å². The summed E-state index contributed by atoms with van der Waals surface area (Å²) < 4.78 is 0. The quantitative estimate of drug-likeness (QED) is 0.717. The van der Waals surface area contributed by atoms with Crippen molar-refractivity contribution in [2.45, 2.75) is 13.0 Å². The predicted molar refractivity (Wildman–Crippen MR) is 84.7 cm³/mol. The normalized spacial score (nSPS) is 11.9. The third-order valence-electron chi connectivity index (χ3n) is 3.17. The minimum absolute atomic E-state index is 0.263. The molecule has 116 valence electrons. The van der Waals surface area contributed by atoms with E-state index >= 15 is 0 Å². The van der Waals surface area contributed by atoms with Crippen molar-refractivity contribution in [3.8, 4) is 11.4 Å². The highest BCUT2D eigenvalue weighted by Gasteiger charge is 2.16. The lowest BCUT2D eigenvalue weighted by molar-refractivity contribution is 0.0938. The van der Waals surface area contributed by atoms with Crippen LogP contribution in [0, 0.1) is 0 Å². The summed E-state index contributed by atoms with van der Waals surface area (Å²) in [6.45, 7) is 1.81. The zero-order valence-electron chi connectivity index (χ0n) is 12.2. The van der Waals surface area contributed by atoms with Crippen molar-refractivity contribution in [1.82, 2.24) is 30.5 Å². The lowest BCUT2D eigenvalue weighted by atomic mass is 10.2. The second-order valence-corrected chi connectivity index (χ2v) is 5.24. The van der Waals surface area contributed by atoms with E-state index in [1.165, 1.54) is 6.20 Å². The molecular formula is C15H13ClN6O. The molecule has 1 amide bonds. The van der Waals surface area contributed by atoms with Gasteiger partial charge in [-0.2, -0.15) is 5.10 Å². The summed E-state index contributed by atoms with van der Waals surface area (Å²) >= 11 is 5.71. The number of rotatable bonds is 4. The number of hydrogen-bond acceptors (Lipinski definition) is 5. The van der Waals surface area contributed by atoms with Crippen LogP contribution < -0.4 is 5.32 Å². The highest BCUT2D eigenvalue weighted by molar-refractivity contribution is 6.29. The summed E-state index contributed by atoms with van der Waals surface area (Å²) in [6, 6.07) is 6.51. The Labute approximate surface area is 137 Å². The standard InChI is InChI=1S/C15H13ClN6O/c1-9(19-15(23)11-4-5-12(16)18-8-11)13-20-14(22-21-13)10-3-2-6-17-7-10/h2-9H,1H3,(H,19,23)(H,20,21,22)/t9-/m1/s1. The molecule has 0 aliphatic carbocycles. The van der Waals surface area contributed by atoms with Gasteiger partial charge < -0.3 is 5.32 Å². The van der Waals surface area contributed by atoms with Gasteiger partial charge in [-0.3, -0.25) is 14.9 Å². The number of pyridine rings is 2. The summed E-state index contributed by atoms with van der Waals surface area (Å²) in [4.78, 5) is 24.4. The van der Waals surface area contributed by atoms with Crippen molar-refractivity contribution in [3.05, 3.63) is 59.4 Å². The maximum absolute atomic E-state index is 12.2. The third-order valence-corrected chi connectivity index (χ3v) is 3.39. The Kier molecular flexibility index (Phi) is 4.29. The number of nitrogens with zero attached hydrogens (tertiary/aromatic N) is 4. The van der Waals surface area contributed by atoms with Crippen molar-refractivity contribution >= 4 is 17.5 Å². The molecule has 3 rings (SSSR count). The first kappa shape index (κ1) is 15.1. The molecule has 3 aromatic heterocycles. The SMILES string of the molecule is C[C@@H](NC(=O)c1ccc(Cl)nc1)c1nc(-c2cccnc2)n[nH]1. The molecule has 0 unspecified atom stereocenters. The minimum atomic E-state index is -0.337. The van der Waals surface area contributed by atoms with Gasteiger partial charge in [-0.15, -0.1) is 0 Å². The average Bonchev–Trinajstić information content (AvgIpc) is 3.06. The second kappa shape index (κ2) is 6.53. The van der Waals surface area contributed by atoms with Crippen molar-refractivity contribution in [3.63, 3.8) is 0 Å². The van der Waals surface area contributed by atoms with Gasteiger partial charge in [-0.25, -0.2) is 9.97 Å². The van der Waals surface area contributed by atoms with Crippen LogP contribution in [0.1, 0.15) is 29.1 Å². The number of H-pyrrole nitrogens is 1. The van der Waals surface area contributed by atoms with Crippen molar-refractivity contribution < 1.29 is 4.79 Å². The van der Waals surface area contributed by atoms with Crippen LogP contribution in [-0.4, -0.2) is 31.1 Å². The van der Waals surface area contributed by atoms with E-state index in [4.69, 9.17) is 11.6 Å². The highest BCUT2D eigenvalue weighted by atomic mass is 35.5. The molecule has 0 aliphatic rings. The molecule has 0 bridgehead atoms. The predicted octanol–water partition coefficient (Wildman–Crippen LogP) is 2.41. The molecule has 7 nitrogen and oxygen atoms in total. The molecule has 3 heterocycles. The molecule has 0 aliphatic heterocycles. The molecule has 1 atom stereocenters. The number of hydrogen-bond donors (Lipinski definition) is 2. The fourth-order valence-electron chi connectivity index (χ4n) is 1.95. The van der Waals surface area contributed by atoms with Crippen LogP contribution in [0.3, 0.4) is 0 Å². The number of carbonyl (C=O) groups excluding carboxylic acids is 1. The van der Waals surface area contributed by atoms with Gasteiger partial charge in [0.2, 0.25) is 0 Å². The molecule has 0 aromatic carbocycles. The van der Waals surface area contributed by atoms with Crippen molar-refractivity contribution in [2.24, 2.45) is 0 Å².